The van der Waals surface area contributed by atoms with Crippen molar-refractivity contribution in [2.24, 2.45) is 5.41 Å². The van der Waals surface area contributed by atoms with Gasteiger partial charge in [0.2, 0.25) is 5.88 Å². The Bertz CT molecular complexity index is 396. The Hall–Kier alpha value is -1.03. The summed E-state index contributed by atoms with van der Waals surface area (Å²) >= 11 is 5.75. The Labute approximate surface area is 120 Å². The first-order valence-electron chi connectivity index (χ1n) is 6.74. The van der Waals surface area contributed by atoms with Crippen molar-refractivity contribution in [3.63, 3.8) is 0 Å². The van der Waals surface area contributed by atoms with Crippen LogP contribution in [0.3, 0.4) is 0 Å². The van der Waals surface area contributed by atoms with Gasteiger partial charge in [0.1, 0.15) is 12.1 Å². The van der Waals surface area contributed by atoms with Crippen LogP contribution in [0.2, 0.25) is 0 Å². The summed E-state index contributed by atoms with van der Waals surface area (Å²) in [4.78, 5) is 8.41. The number of nitrogens with one attached hydrogen (secondary N) is 1. The molecule has 0 amide bonds. The second-order valence-corrected chi connectivity index (χ2v) is 5.77. The van der Waals surface area contributed by atoms with Crippen molar-refractivity contribution >= 4 is 17.4 Å². The predicted octanol–water partition coefficient (Wildman–Crippen LogP) is 3.64. The zero-order valence-electron chi connectivity index (χ0n) is 12.3. The van der Waals surface area contributed by atoms with E-state index in [2.05, 4.69) is 29.1 Å². The van der Waals surface area contributed by atoms with E-state index in [0.717, 1.165) is 30.8 Å². The van der Waals surface area contributed by atoms with Crippen LogP contribution >= 0.6 is 11.6 Å². The maximum absolute atomic E-state index is 5.75. The van der Waals surface area contributed by atoms with Gasteiger partial charge < -0.3 is 10.1 Å². The molecule has 4 nitrogen and oxygen atoms in total. The van der Waals surface area contributed by atoms with Gasteiger partial charge in [0.15, 0.2) is 0 Å². The SMILES string of the molecule is CCOc1ncnc(NCC(C)(C)CCCCl)c1C. The molecule has 0 saturated heterocycles. The van der Waals surface area contributed by atoms with Crippen LogP contribution in [0.4, 0.5) is 5.82 Å². The molecule has 1 aromatic heterocycles. The highest BCUT2D eigenvalue weighted by atomic mass is 35.5. The lowest BCUT2D eigenvalue weighted by Crippen LogP contribution is -2.24. The molecule has 0 saturated carbocycles. The minimum Gasteiger partial charge on any atom is -0.478 e. The van der Waals surface area contributed by atoms with Crippen molar-refractivity contribution in [2.45, 2.75) is 40.5 Å². The quantitative estimate of drug-likeness (QED) is 0.741. The fraction of sp³-hybridized carbons (Fsp3) is 0.714. The summed E-state index contributed by atoms with van der Waals surface area (Å²) in [6.07, 6.45) is 3.65. The fourth-order valence-corrected chi connectivity index (χ4v) is 1.98. The smallest absolute Gasteiger partial charge is 0.221 e. The third-order valence-electron chi connectivity index (χ3n) is 3.04. The average Bonchev–Trinajstić information content (AvgIpc) is 2.38. The predicted molar refractivity (Wildman–Crippen MR) is 80.2 cm³/mol. The third kappa shape index (κ3) is 5.23. The summed E-state index contributed by atoms with van der Waals surface area (Å²) in [5.74, 6) is 2.21. The maximum Gasteiger partial charge on any atom is 0.221 e. The lowest BCUT2D eigenvalue weighted by molar-refractivity contribution is 0.323. The van der Waals surface area contributed by atoms with Crippen molar-refractivity contribution in [3.05, 3.63) is 11.9 Å². The van der Waals surface area contributed by atoms with Crippen molar-refractivity contribution in [3.8, 4) is 5.88 Å². The fourth-order valence-electron chi connectivity index (χ4n) is 1.85. The Kier molecular flexibility index (Phi) is 6.35. The molecular formula is C14H24ClN3O. The Morgan fingerprint density at radius 3 is 2.74 bits per heavy atom. The monoisotopic (exact) mass is 285 g/mol. The summed E-state index contributed by atoms with van der Waals surface area (Å²) in [6, 6.07) is 0. The van der Waals surface area contributed by atoms with Gasteiger partial charge in [0.05, 0.1) is 12.2 Å². The molecule has 0 bridgehead atoms. The molecule has 0 fully saturated rings. The molecule has 108 valence electrons. The zero-order valence-corrected chi connectivity index (χ0v) is 13.0. The normalized spacial score (nSPS) is 11.4. The largest absolute Gasteiger partial charge is 0.478 e. The van der Waals surface area contributed by atoms with E-state index < -0.39 is 0 Å². The van der Waals surface area contributed by atoms with E-state index >= 15 is 0 Å². The molecule has 1 N–H and O–H groups in total. The van der Waals surface area contributed by atoms with E-state index in [4.69, 9.17) is 16.3 Å². The number of alkyl halides is 1. The van der Waals surface area contributed by atoms with Crippen molar-refractivity contribution in [1.82, 2.24) is 9.97 Å². The summed E-state index contributed by atoms with van der Waals surface area (Å²) in [6.45, 7) is 9.84. The van der Waals surface area contributed by atoms with Crippen LogP contribution in [-0.4, -0.2) is 29.0 Å². The minimum absolute atomic E-state index is 0.193. The second-order valence-electron chi connectivity index (χ2n) is 5.40. The lowest BCUT2D eigenvalue weighted by Gasteiger charge is -2.25. The van der Waals surface area contributed by atoms with Gasteiger partial charge in [0.25, 0.3) is 0 Å². The van der Waals surface area contributed by atoms with Gasteiger partial charge in [-0.05, 0) is 32.1 Å². The van der Waals surface area contributed by atoms with Crippen molar-refractivity contribution in [1.29, 1.82) is 0 Å². The van der Waals surface area contributed by atoms with Gasteiger partial charge in [-0.3, -0.25) is 0 Å². The highest BCUT2D eigenvalue weighted by molar-refractivity contribution is 6.17. The molecule has 0 radical (unpaired) electrons. The summed E-state index contributed by atoms with van der Waals surface area (Å²) in [7, 11) is 0. The summed E-state index contributed by atoms with van der Waals surface area (Å²) in [5, 5.41) is 3.39. The van der Waals surface area contributed by atoms with Crippen molar-refractivity contribution < 1.29 is 4.74 Å². The molecule has 1 aromatic rings. The molecule has 0 unspecified atom stereocenters. The number of hydrogen-bond acceptors (Lipinski definition) is 4. The zero-order chi connectivity index (χ0) is 14.3. The summed E-state index contributed by atoms with van der Waals surface area (Å²) < 4.78 is 5.47. The molecule has 1 rings (SSSR count). The first-order chi connectivity index (χ1) is 9.00. The number of rotatable bonds is 8. The molecule has 5 heteroatoms. The van der Waals surface area contributed by atoms with E-state index in [9.17, 15) is 0 Å². The van der Waals surface area contributed by atoms with Gasteiger partial charge in [-0.1, -0.05) is 13.8 Å². The van der Waals surface area contributed by atoms with Crippen LogP contribution in [0, 0.1) is 12.3 Å². The molecule has 0 aliphatic rings. The molecule has 0 aliphatic carbocycles. The highest BCUT2D eigenvalue weighted by Gasteiger charge is 2.18. The van der Waals surface area contributed by atoms with Crippen LogP contribution < -0.4 is 10.1 Å². The van der Waals surface area contributed by atoms with E-state index in [1.807, 2.05) is 13.8 Å². The van der Waals surface area contributed by atoms with Crippen molar-refractivity contribution in [2.75, 3.05) is 24.3 Å². The molecule has 0 aliphatic heterocycles. The number of halogens is 1. The number of anilines is 1. The molecule has 1 heterocycles. The van der Waals surface area contributed by atoms with Gasteiger partial charge in [-0.25, -0.2) is 9.97 Å². The second kappa shape index (κ2) is 7.53. The highest BCUT2D eigenvalue weighted by Crippen LogP contribution is 2.25. The Balaban J connectivity index is 2.64. The minimum atomic E-state index is 0.193. The standard InChI is InChI=1S/C14H24ClN3O/c1-5-19-13-11(2)12(17-10-18-13)16-9-14(3,4)7-6-8-15/h10H,5-9H2,1-4H3,(H,16,17,18). The molecule has 0 atom stereocenters. The first kappa shape index (κ1) is 16.0. The summed E-state index contributed by atoms with van der Waals surface area (Å²) in [5.41, 5.74) is 1.15. The van der Waals surface area contributed by atoms with Crippen LogP contribution in [0.1, 0.15) is 39.2 Å². The van der Waals surface area contributed by atoms with Gasteiger partial charge in [0, 0.05) is 12.4 Å². The van der Waals surface area contributed by atoms with E-state index in [0.29, 0.717) is 18.4 Å². The average molecular weight is 286 g/mol. The number of hydrogen-bond donors (Lipinski definition) is 1. The number of aromatic nitrogens is 2. The number of nitrogens with zero attached hydrogens (tertiary/aromatic N) is 2. The molecule has 0 aromatic carbocycles. The van der Waals surface area contributed by atoms with Crippen LogP contribution in [-0.2, 0) is 0 Å². The molecular weight excluding hydrogens is 262 g/mol. The van der Waals surface area contributed by atoms with Crippen LogP contribution in [0.25, 0.3) is 0 Å². The Morgan fingerprint density at radius 2 is 2.11 bits per heavy atom. The lowest BCUT2D eigenvalue weighted by atomic mass is 9.88. The van der Waals surface area contributed by atoms with Gasteiger partial charge in [-0.2, -0.15) is 0 Å². The topological polar surface area (TPSA) is 47.0 Å². The van der Waals surface area contributed by atoms with Gasteiger partial charge in [-0.15, -0.1) is 11.6 Å². The number of ether oxygens (including phenoxy) is 1. The maximum atomic E-state index is 5.75. The molecule has 19 heavy (non-hydrogen) atoms. The van der Waals surface area contributed by atoms with E-state index in [1.54, 1.807) is 0 Å². The third-order valence-corrected chi connectivity index (χ3v) is 3.31. The van der Waals surface area contributed by atoms with Gasteiger partial charge >= 0.3 is 0 Å². The van der Waals surface area contributed by atoms with Crippen LogP contribution in [0.15, 0.2) is 6.33 Å². The first-order valence-corrected chi connectivity index (χ1v) is 7.28. The van der Waals surface area contributed by atoms with E-state index in [-0.39, 0.29) is 5.41 Å². The molecule has 0 spiro atoms. The Morgan fingerprint density at radius 1 is 1.37 bits per heavy atom. The van der Waals surface area contributed by atoms with Crippen LogP contribution in [0.5, 0.6) is 5.88 Å². The van der Waals surface area contributed by atoms with E-state index in [1.165, 1.54) is 6.33 Å².